The highest BCUT2D eigenvalue weighted by Gasteiger charge is 2.16. The van der Waals surface area contributed by atoms with Crippen LogP contribution < -0.4 is 0 Å². The molecule has 0 spiro atoms. The van der Waals surface area contributed by atoms with Gasteiger partial charge >= 0.3 is 15.9 Å². The molecule has 7 heteroatoms. The fourth-order valence-electron chi connectivity index (χ4n) is 0.331. The lowest BCUT2D eigenvalue weighted by atomic mass is 10.8. The fourth-order valence-corrected chi connectivity index (χ4v) is 1.85. The largest absolute Gasteiger partial charge is 0.358 e. The van der Waals surface area contributed by atoms with Gasteiger partial charge in [-0.1, -0.05) is 6.08 Å². The summed E-state index contributed by atoms with van der Waals surface area (Å²) in [6.45, 7) is 1.50. The highest BCUT2D eigenvalue weighted by Crippen LogP contribution is 2.50. The summed E-state index contributed by atoms with van der Waals surface area (Å²) in [4.78, 5) is 16.7. The topological polar surface area (TPSA) is 83.8 Å². The minimum Gasteiger partial charge on any atom is -0.326 e. The van der Waals surface area contributed by atoms with Crippen molar-refractivity contribution in [2.24, 2.45) is 0 Å². The quantitative estimate of drug-likeness (QED) is 0.644. The van der Waals surface area contributed by atoms with Gasteiger partial charge in [-0.2, -0.15) is 0 Å². The molecule has 0 radical (unpaired) electrons. The zero-order chi connectivity index (χ0) is 8.20. The number of rotatable bonds is 3. The zero-order valence-corrected chi connectivity index (χ0v) is 7.12. The third-order valence-corrected chi connectivity index (χ3v) is 2.89. The molecule has 60 valence electrons. The molecule has 0 bridgehead atoms. The molecule has 0 aliphatic carbocycles. The minimum absolute atomic E-state index is 0.839. The Morgan fingerprint density at radius 2 is 2.20 bits per heavy atom. The van der Waals surface area contributed by atoms with Crippen molar-refractivity contribution < 1.29 is 23.2 Å². The van der Waals surface area contributed by atoms with Gasteiger partial charge in [-0.15, -0.1) is 0 Å². The highest BCUT2D eigenvalue weighted by molar-refractivity contribution is 7.62. The van der Waals surface area contributed by atoms with Gasteiger partial charge in [0.05, 0.1) is 0 Å². The van der Waals surface area contributed by atoms with E-state index in [4.69, 9.17) is 9.79 Å². The van der Waals surface area contributed by atoms with Crippen LogP contribution in [0.15, 0.2) is 11.9 Å². The van der Waals surface area contributed by atoms with E-state index < -0.39 is 15.9 Å². The molecule has 0 rings (SSSR count). The standard InChI is InChI=1S/C3H8O5P2/c1-2-3-10(6,7)8-9(4)5/h2-3,9H,1H3,(H,4,5)(H,6,7). The monoisotopic (exact) mass is 186 g/mol. The summed E-state index contributed by atoms with van der Waals surface area (Å²) < 4.78 is 24.2. The van der Waals surface area contributed by atoms with Crippen LogP contribution in [-0.4, -0.2) is 9.79 Å². The molecule has 2 atom stereocenters. The van der Waals surface area contributed by atoms with Gasteiger partial charge in [0, 0.05) is 5.82 Å². The molecule has 10 heavy (non-hydrogen) atoms. The van der Waals surface area contributed by atoms with Crippen LogP contribution in [-0.2, 0) is 13.4 Å². The van der Waals surface area contributed by atoms with E-state index in [-0.39, 0.29) is 0 Å². The molecule has 0 heterocycles. The molecule has 0 amide bonds. The van der Waals surface area contributed by atoms with E-state index in [1.807, 2.05) is 0 Å². The summed E-state index contributed by atoms with van der Waals surface area (Å²) >= 11 is 0. The Morgan fingerprint density at radius 1 is 1.70 bits per heavy atom. The van der Waals surface area contributed by atoms with Crippen molar-refractivity contribution in [2.75, 3.05) is 0 Å². The Kier molecular flexibility index (Phi) is 4.09. The molecule has 2 N–H and O–H groups in total. The Morgan fingerprint density at radius 3 is 2.50 bits per heavy atom. The van der Waals surface area contributed by atoms with E-state index in [1.54, 1.807) is 0 Å². The first-order chi connectivity index (χ1) is 4.48. The van der Waals surface area contributed by atoms with Crippen LogP contribution in [0.2, 0.25) is 0 Å². The van der Waals surface area contributed by atoms with Crippen molar-refractivity contribution in [3.05, 3.63) is 11.9 Å². The molecule has 5 nitrogen and oxygen atoms in total. The van der Waals surface area contributed by atoms with E-state index in [2.05, 4.69) is 4.31 Å². The maximum Gasteiger partial charge on any atom is 0.358 e. The number of allylic oxidation sites excluding steroid dienone is 1. The summed E-state index contributed by atoms with van der Waals surface area (Å²) in [5, 5.41) is 0. The second kappa shape index (κ2) is 4.06. The Balaban J connectivity index is 4.14. The Hall–Kier alpha value is 0.0800. The van der Waals surface area contributed by atoms with E-state index >= 15 is 0 Å². The fraction of sp³-hybridized carbons (Fsp3) is 0.333. The number of hydrogen-bond acceptors (Lipinski definition) is 3. The lowest BCUT2D eigenvalue weighted by molar-refractivity contribution is 0.359. The van der Waals surface area contributed by atoms with Crippen molar-refractivity contribution in [1.82, 2.24) is 0 Å². The van der Waals surface area contributed by atoms with Gasteiger partial charge in [-0.3, -0.25) is 9.13 Å². The molecule has 0 saturated heterocycles. The first-order valence-electron chi connectivity index (χ1n) is 2.37. The van der Waals surface area contributed by atoms with Gasteiger partial charge in [-0.25, -0.2) is 4.31 Å². The van der Waals surface area contributed by atoms with E-state index in [9.17, 15) is 9.13 Å². The van der Waals surface area contributed by atoms with Gasteiger partial charge < -0.3 is 9.79 Å². The Labute approximate surface area is 58.8 Å². The average molecular weight is 186 g/mol. The molecular formula is C3H8O5P2. The summed E-state index contributed by atoms with van der Waals surface area (Å²) in [7, 11) is -7.27. The minimum atomic E-state index is -3.95. The van der Waals surface area contributed by atoms with Crippen LogP contribution in [0.4, 0.5) is 0 Å². The van der Waals surface area contributed by atoms with Crippen LogP contribution in [0.3, 0.4) is 0 Å². The predicted molar refractivity (Wildman–Crippen MR) is 36.9 cm³/mol. The molecule has 0 fully saturated rings. The normalized spacial score (nSPS) is 20.7. The lowest BCUT2D eigenvalue weighted by Crippen LogP contribution is -1.74. The van der Waals surface area contributed by atoms with Gasteiger partial charge in [0.1, 0.15) is 0 Å². The molecule has 2 unspecified atom stereocenters. The summed E-state index contributed by atoms with van der Waals surface area (Å²) in [6, 6.07) is 0. The van der Waals surface area contributed by atoms with Gasteiger partial charge in [0.2, 0.25) is 0 Å². The molecular weight excluding hydrogens is 178 g/mol. The second-order valence-corrected chi connectivity index (χ2v) is 4.09. The van der Waals surface area contributed by atoms with Crippen molar-refractivity contribution in [3.63, 3.8) is 0 Å². The summed E-state index contributed by atoms with van der Waals surface area (Å²) in [5.41, 5.74) is 0. The van der Waals surface area contributed by atoms with Crippen LogP contribution in [0.1, 0.15) is 6.92 Å². The van der Waals surface area contributed by atoms with E-state index in [1.165, 1.54) is 13.0 Å². The first kappa shape index (κ1) is 10.1. The second-order valence-electron chi connectivity index (χ2n) is 1.40. The van der Waals surface area contributed by atoms with Crippen LogP contribution >= 0.6 is 15.9 Å². The van der Waals surface area contributed by atoms with Crippen LogP contribution in [0, 0.1) is 0 Å². The Bertz CT molecular complexity index is 197. The molecule has 0 aromatic carbocycles. The van der Waals surface area contributed by atoms with E-state index in [0.29, 0.717) is 0 Å². The van der Waals surface area contributed by atoms with Crippen molar-refractivity contribution in [2.45, 2.75) is 6.92 Å². The molecule has 0 saturated carbocycles. The van der Waals surface area contributed by atoms with Gasteiger partial charge in [-0.05, 0) is 6.92 Å². The predicted octanol–water partition coefficient (Wildman–Crippen LogP) is 1.10. The molecule has 0 aliphatic rings. The third kappa shape index (κ3) is 4.91. The van der Waals surface area contributed by atoms with Crippen molar-refractivity contribution in [1.29, 1.82) is 0 Å². The zero-order valence-electron chi connectivity index (χ0n) is 5.22. The maximum absolute atomic E-state index is 10.5. The third-order valence-electron chi connectivity index (χ3n) is 0.546. The molecule has 0 aromatic rings. The lowest BCUT2D eigenvalue weighted by Gasteiger charge is -2.01. The van der Waals surface area contributed by atoms with Crippen LogP contribution in [0.25, 0.3) is 0 Å². The van der Waals surface area contributed by atoms with Crippen molar-refractivity contribution >= 4 is 15.9 Å². The molecule has 0 aromatic heterocycles. The van der Waals surface area contributed by atoms with Crippen LogP contribution in [0.5, 0.6) is 0 Å². The number of hydrogen-bond donors (Lipinski definition) is 2. The maximum atomic E-state index is 10.5. The SMILES string of the molecule is CC=CP(=O)(O)O[PH](=O)O. The van der Waals surface area contributed by atoms with Gasteiger partial charge in [0.15, 0.2) is 0 Å². The average Bonchev–Trinajstić information content (AvgIpc) is 1.59. The highest BCUT2D eigenvalue weighted by atomic mass is 31.2. The molecule has 0 aliphatic heterocycles. The summed E-state index contributed by atoms with van der Waals surface area (Å²) in [6.07, 6.45) is 1.27. The van der Waals surface area contributed by atoms with Crippen molar-refractivity contribution in [3.8, 4) is 0 Å². The summed E-state index contributed by atoms with van der Waals surface area (Å²) in [5.74, 6) is 0.839. The smallest absolute Gasteiger partial charge is 0.326 e. The first-order valence-corrected chi connectivity index (χ1v) is 5.28. The van der Waals surface area contributed by atoms with E-state index in [0.717, 1.165) is 5.82 Å². The van der Waals surface area contributed by atoms with Gasteiger partial charge in [0.25, 0.3) is 0 Å².